The van der Waals surface area contributed by atoms with Gasteiger partial charge >= 0.3 is 0 Å². The highest BCUT2D eigenvalue weighted by atomic mass is 16.5. The van der Waals surface area contributed by atoms with E-state index >= 15 is 0 Å². The van der Waals surface area contributed by atoms with Gasteiger partial charge in [-0.05, 0) is 91.7 Å². The third-order valence-corrected chi connectivity index (χ3v) is 8.01. The molecule has 1 N–H and O–H groups in total. The number of phenols is 1. The molecule has 1 amide bonds. The summed E-state index contributed by atoms with van der Waals surface area (Å²) in [6.07, 6.45) is 4.98. The average molecular weight is 513 g/mol. The molecule has 1 saturated heterocycles. The van der Waals surface area contributed by atoms with Gasteiger partial charge in [-0.1, -0.05) is 57.2 Å². The molecule has 200 valence electrons. The molecule has 38 heavy (non-hydrogen) atoms. The molecule has 5 heteroatoms. The first-order valence-electron chi connectivity index (χ1n) is 14.2. The molecule has 1 unspecified atom stereocenters. The Kier molecular flexibility index (Phi) is 7.75. The maximum absolute atomic E-state index is 13.9. The van der Waals surface area contributed by atoms with E-state index in [0.717, 1.165) is 67.8 Å². The first kappa shape index (κ1) is 26.3. The Morgan fingerprint density at radius 2 is 1.71 bits per heavy atom. The summed E-state index contributed by atoms with van der Waals surface area (Å²) in [5.41, 5.74) is 4.06. The van der Waals surface area contributed by atoms with Gasteiger partial charge in [0.05, 0.1) is 6.04 Å². The highest BCUT2D eigenvalue weighted by Gasteiger charge is 2.55. The number of aromatic hydroxyl groups is 1. The van der Waals surface area contributed by atoms with Crippen LogP contribution in [0.3, 0.4) is 0 Å². The number of phenolic OH excluding ortho intramolecular Hbond substituents is 1. The number of ether oxygens (including phenoxy) is 1. The van der Waals surface area contributed by atoms with Crippen LogP contribution in [0.25, 0.3) is 0 Å². The van der Waals surface area contributed by atoms with E-state index in [1.165, 1.54) is 12.0 Å². The largest absolute Gasteiger partial charge is 0.508 e. The van der Waals surface area contributed by atoms with Crippen LogP contribution in [-0.2, 0) is 12.8 Å². The van der Waals surface area contributed by atoms with Crippen molar-refractivity contribution >= 4 is 5.91 Å². The second kappa shape index (κ2) is 11.2. The molecule has 6 rings (SSSR count). The van der Waals surface area contributed by atoms with Gasteiger partial charge < -0.3 is 14.7 Å². The molecule has 1 spiro atoms. The molecule has 3 aromatic rings. The second-order valence-electron chi connectivity index (χ2n) is 10.7. The minimum absolute atomic E-state index is 0.0782. The Bertz CT molecular complexity index is 1230. The van der Waals surface area contributed by atoms with E-state index in [1.54, 1.807) is 6.07 Å². The molecule has 2 fully saturated rings. The standard InChI is InChI=1S/C31H34N2O3.C2H6/c1-2-16-32-20-27(21-32)36-26-11-8-22(9-12-26)17-29-28-13-10-25(34)18-24(28)19-31(14-15-31)33(29)30(35)23-6-4-3-5-7-23;1-2/h3-13,18,27,29,34H,2,14-17,19-21H2,1H3;1-2H3. The van der Waals surface area contributed by atoms with Gasteiger partial charge in [-0.2, -0.15) is 0 Å². The molecule has 1 saturated carbocycles. The number of hydrogen-bond donors (Lipinski definition) is 1. The Morgan fingerprint density at radius 1 is 1.00 bits per heavy atom. The van der Waals surface area contributed by atoms with Crippen molar-refractivity contribution in [1.82, 2.24) is 9.80 Å². The lowest BCUT2D eigenvalue weighted by atomic mass is 9.83. The van der Waals surface area contributed by atoms with Crippen LogP contribution in [0.15, 0.2) is 72.8 Å². The summed E-state index contributed by atoms with van der Waals surface area (Å²) in [6.45, 7) is 9.35. The van der Waals surface area contributed by atoms with E-state index in [0.29, 0.717) is 5.75 Å². The SMILES string of the molecule is CC.CCCN1CC(Oc2ccc(CC3c4ccc(O)cc4CC4(CC4)N3C(=O)c3ccccc3)cc2)C1. The minimum atomic E-state index is -0.157. The molecule has 2 heterocycles. The van der Waals surface area contributed by atoms with Crippen molar-refractivity contribution in [2.24, 2.45) is 0 Å². The molecular formula is C33H40N2O3. The Morgan fingerprint density at radius 3 is 2.37 bits per heavy atom. The molecule has 3 aromatic carbocycles. The summed E-state index contributed by atoms with van der Waals surface area (Å²) in [4.78, 5) is 18.4. The molecule has 0 bridgehead atoms. The predicted octanol–water partition coefficient (Wildman–Crippen LogP) is 6.41. The van der Waals surface area contributed by atoms with Gasteiger partial charge in [-0.15, -0.1) is 0 Å². The first-order valence-corrected chi connectivity index (χ1v) is 14.2. The maximum atomic E-state index is 13.9. The van der Waals surface area contributed by atoms with E-state index < -0.39 is 0 Å². The fourth-order valence-corrected chi connectivity index (χ4v) is 6.04. The van der Waals surface area contributed by atoms with Crippen LogP contribution in [-0.4, -0.2) is 52.1 Å². The van der Waals surface area contributed by atoms with E-state index in [1.807, 2.05) is 56.3 Å². The lowest BCUT2D eigenvalue weighted by Crippen LogP contribution is -2.53. The Hall–Kier alpha value is -3.31. The fraction of sp³-hybridized carbons (Fsp3) is 0.424. The Labute approximate surface area is 227 Å². The van der Waals surface area contributed by atoms with Gasteiger partial charge in [-0.25, -0.2) is 0 Å². The number of benzene rings is 3. The number of carbonyl (C=O) groups is 1. The van der Waals surface area contributed by atoms with Crippen molar-refractivity contribution in [3.63, 3.8) is 0 Å². The summed E-state index contributed by atoms with van der Waals surface area (Å²) >= 11 is 0. The van der Waals surface area contributed by atoms with Crippen LogP contribution in [0.2, 0.25) is 0 Å². The van der Waals surface area contributed by atoms with Crippen molar-refractivity contribution in [1.29, 1.82) is 0 Å². The number of hydrogen-bond acceptors (Lipinski definition) is 4. The third kappa shape index (κ3) is 5.30. The maximum Gasteiger partial charge on any atom is 0.254 e. The summed E-state index contributed by atoms with van der Waals surface area (Å²) in [7, 11) is 0. The quantitative estimate of drug-likeness (QED) is 0.398. The average Bonchev–Trinajstić information content (AvgIpc) is 3.68. The number of nitrogens with zero attached hydrogens (tertiary/aromatic N) is 2. The van der Waals surface area contributed by atoms with Crippen molar-refractivity contribution < 1.29 is 14.6 Å². The molecule has 1 atom stereocenters. The smallest absolute Gasteiger partial charge is 0.254 e. The third-order valence-electron chi connectivity index (χ3n) is 8.01. The van der Waals surface area contributed by atoms with Crippen molar-refractivity contribution in [2.45, 2.75) is 70.6 Å². The molecule has 1 aliphatic carbocycles. The van der Waals surface area contributed by atoms with Crippen molar-refractivity contribution in [3.05, 3.63) is 95.1 Å². The van der Waals surface area contributed by atoms with Crippen LogP contribution < -0.4 is 4.74 Å². The van der Waals surface area contributed by atoms with Gasteiger partial charge in [0, 0.05) is 24.2 Å². The lowest BCUT2D eigenvalue weighted by molar-refractivity contribution is 0.0202. The van der Waals surface area contributed by atoms with Gasteiger partial charge in [0.2, 0.25) is 0 Å². The number of fused-ring (bicyclic) bond motifs is 1. The van der Waals surface area contributed by atoms with Crippen molar-refractivity contribution in [2.75, 3.05) is 19.6 Å². The fourth-order valence-electron chi connectivity index (χ4n) is 6.04. The molecule has 0 aromatic heterocycles. The first-order chi connectivity index (χ1) is 18.5. The van der Waals surface area contributed by atoms with Crippen LogP contribution in [0, 0.1) is 0 Å². The zero-order valence-electron chi connectivity index (χ0n) is 22.9. The number of amides is 1. The highest BCUT2D eigenvalue weighted by molar-refractivity contribution is 5.95. The van der Waals surface area contributed by atoms with Crippen LogP contribution in [0.5, 0.6) is 11.5 Å². The van der Waals surface area contributed by atoms with Gasteiger partial charge in [0.1, 0.15) is 17.6 Å². The zero-order chi connectivity index (χ0) is 26.7. The van der Waals surface area contributed by atoms with E-state index in [-0.39, 0.29) is 23.6 Å². The molecular weight excluding hydrogens is 472 g/mol. The van der Waals surface area contributed by atoms with Crippen LogP contribution in [0.4, 0.5) is 0 Å². The van der Waals surface area contributed by atoms with Crippen molar-refractivity contribution in [3.8, 4) is 11.5 Å². The normalized spacial score (nSPS) is 19.7. The van der Waals surface area contributed by atoms with Crippen LogP contribution in [0.1, 0.15) is 73.1 Å². The van der Waals surface area contributed by atoms with E-state index in [9.17, 15) is 9.90 Å². The topological polar surface area (TPSA) is 53.0 Å². The lowest BCUT2D eigenvalue weighted by Gasteiger charge is -2.44. The molecule has 5 nitrogen and oxygen atoms in total. The molecule has 3 aliphatic rings. The minimum Gasteiger partial charge on any atom is -0.508 e. The van der Waals surface area contributed by atoms with E-state index in [4.69, 9.17) is 4.74 Å². The number of carbonyl (C=O) groups excluding carboxylic acids is 1. The van der Waals surface area contributed by atoms with Crippen LogP contribution >= 0.6 is 0 Å². The molecule has 0 radical (unpaired) electrons. The summed E-state index contributed by atoms with van der Waals surface area (Å²) in [5.74, 6) is 1.30. The predicted molar refractivity (Wildman–Crippen MR) is 152 cm³/mol. The van der Waals surface area contributed by atoms with Gasteiger partial charge in [0.15, 0.2) is 0 Å². The van der Waals surface area contributed by atoms with E-state index in [2.05, 4.69) is 41.0 Å². The zero-order valence-corrected chi connectivity index (χ0v) is 22.9. The molecule has 2 aliphatic heterocycles. The summed E-state index contributed by atoms with van der Waals surface area (Å²) < 4.78 is 6.17. The number of rotatable bonds is 7. The highest BCUT2D eigenvalue weighted by Crippen LogP contribution is 2.54. The summed E-state index contributed by atoms with van der Waals surface area (Å²) in [5, 5.41) is 10.2. The van der Waals surface area contributed by atoms with Gasteiger partial charge in [0.25, 0.3) is 5.91 Å². The monoisotopic (exact) mass is 512 g/mol. The van der Waals surface area contributed by atoms with Gasteiger partial charge in [-0.3, -0.25) is 9.69 Å². The number of likely N-dealkylation sites (tertiary alicyclic amines) is 1. The summed E-state index contributed by atoms with van der Waals surface area (Å²) in [6, 6.07) is 23.6. The Balaban J connectivity index is 0.00000144. The second-order valence-corrected chi connectivity index (χ2v) is 10.7.